The van der Waals surface area contributed by atoms with Crippen LogP contribution in [-0.4, -0.2) is 53.4 Å². The first-order valence-corrected chi connectivity index (χ1v) is 10.2. The van der Waals surface area contributed by atoms with Crippen LogP contribution < -0.4 is 10.6 Å². The molecular weight excluding hydrogens is 388 g/mol. The lowest BCUT2D eigenvalue weighted by Gasteiger charge is -2.28. The van der Waals surface area contributed by atoms with Crippen LogP contribution in [0.4, 0.5) is 5.95 Å². The SMILES string of the molecule is Cc1nc(N2CCN=C(N)N(C)C(=O)[C@@H](c3ccccc3)C2)nc(C2CC2)c1Cl. The molecule has 2 aromatic rings. The molecule has 0 saturated heterocycles. The number of carbonyl (C=O) groups is 1. The van der Waals surface area contributed by atoms with Crippen LogP contribution in [0, 0.1) is 6.92 Å². The zero-order chi connectivity index (χ0) is 20.5. The van der Waals surface area contributed by atoms with Crippen LogP contribution in [0.1, 0.15) is 41.6 Å². The van der Waals surface area contributed by atoms with Gasteiger partial charge in [0.1, 0.15) is 0 Å². The summed E-state index contributed by atoms with van der Waals surface area (Å²) in [5.41, 5.74) is 8.64. The predicted molar refractivity (Wildman–Crippen MR) is 114 cm³/mol. The summed E-state index contributed by atoms with van der Waals surface area (Å²) < 4.78 is 0. The summed E-state index contributed by atoms with van der Waals surface area (Å²) >= 11 is 6.47. The summed E-state index contributed by atoms with van der Waals surface area (Å²) in [6.07, 6.45) is 2.21. The summed E-state index contributed by atoms with van der Waals surface area (Å²) in [7, 11) is 1.67. The van der Waals surface area contributed by atoms with Crippen molar-refractivity contribution >= 4 is 29.4 Å². The Balaban J connectivity index is 1.74. The lowest BCUT2D eigenvalue weighted by Crippen LogP contribution is -2.43. The van der Waals surface area contributed by atoms with Gasteiger partial charge in [0.2, 0.25) is 11.9 Å². The lowest BCUT2D eigenvalue weighted by atomic mass is 9.97. The first-order chi connectivity index (χ1) is 14.0. The molecule has 1 saturated carbocycles. The third kappa shape index (κ3) is 4.05. The van der Waals surface area contributed by atoms with Crippen LogP contribution in [0.3, 0.4) is 0 Å². The minimum absolute atomic E-state index is 0.0996. The van der Waals surface area contributed by atoms with Crippen molar-refractivity contribution in [2.24, 2.45) is 10.7 Å². The maximum Gasteiger partial charge on any atom is 0.238 e. The third-order valence-corrected chi connectivity index (χ3v) is 5.97. The molecule has 1 fully saturated rings. The van der Waals surface area contributed by atoms with Gasteiger partial charge in [0, 0.05) is 26.1 Å². The largest absolute Gasteiger partial charge is 0.369 e. The van der Waals surface area contributed by atoms with E-state index in [1.165, 1.54) is 4.90 Å². The number of rotatable bonds is 3. The Bertz CT molecular complexity index is 944. The highest BCUT2D eigenvalue weighted by molar-refractivity contribution is 6.31. The molecule has 2 N–H and O–H groups in total. The predicted octanol–water partition coefficient (Wildman–Crippen LogP) is 2.69. The molecule has 0 spiro atoms. The number of aromatic nitrogens is 2. The summed E-state index contributed by atoms with van der Waals surface area (Å²) in [6.45, 7) is 3.37. The highest BCUT2D eigenvalue weighted by atomic mass is 35.5. The molecule has 1 amide bonds. The van der Waals surface area contributed by atoms with Gasteiger partial charge in [0.05, 0.1) is 28.9 Å². The number of hydrogen-bond donors (Lipinski definition) is 1. The number of carbonyl (C=O) groups excluding carboxylic acids is 1. The quantitative estimate of drug-likeness (QED) is 0.837. The van der Waals surface area contributed by atoms with Gasteiger partial charge >= 0.3 is 0 Å². The maximum atomic E-state index is 13.2. The van der Waals surface area contributed by atoms with Gasteiger partial charge in [-0.15, -0.1) is 0 Å². The third-order valence-electron chi connectivity index (χ3n) is 5.50. The molecule has 2 heterocycles. The number of anilines is 1. The van der Waals surface area contributed by atoms with E-state index in [1.807, 2.05) is 42.2 Å². The van der Waals surface area contributed by atoms with Crippen LogP contribution in [-0.2, 0) is 4.79 Å². The Hall–Kier alpha value is -2.67. The second kappa shape index (κ2) is 7.99. The van der Waals surface area contributed by atoms with Crippen molar-refractivity contribution in [1.29, 1.82) is 0 Å². The number of guanidine groups is 1. The number of aliphatic imine (C=N–C) groups is 1. The molecule has 7 nitrogen and oxygen atoms in total. The molecule has 2 aliphatic rings. The Morgan fingerprint density at radius 1 is 1.17 bits per heavy atom. The van der Waals surface area contributed by atoms with Gasteiger partial charge < -0.3 is 10.6 Å². The normalized spacial score (nSPS) is 20.7. The van der Waals surface area contributed by atoms with Gasteiger partial charge in [-0.3, -0.25) is 14.7 Å². The highest BCUT2D eigenvalue weighted by Gasteiger charge is 2.32. The number of hydrogen-bond acceptors (Lipinski definition) is 6. The number of likely N-dealkylation sites (N-methyl/N-ethyl adjacent to an activating group) is 1. The summed E-state index contributed by atoms with van der Waals surface area (Å²) in [4.78, 5) is 30.5. The molecule has 29 heavy (non-hydrogen) atoms. The van der Waals surface area contributed by atoms with E-state index in [4.69, 9.17) is 22.3 Å². The van der Waals surface area contributed by atoms with E-state index < -0.39 is 5.92 Å². The zero-order valence-corrected chi connectivity index (χ0v) is 17.4. The Labute approximate surface area is 175 Å². The van der Waals surface area contributed by atoms with Crippen molar-refractivity contribution < 1.29 is 4.79 Å². The van der Waals surface area contributed by atoms with Crippen LogP contribution in [0.5, 0.6) is 0 Å². The highest BCUT2D eigenvalue weighted by Crippen LogP contribution is 2.43. The van der Waals surface area contributed by atoms with E-state index in [9.17, 15) is 4.79 Å². The van der Waals surface area contributed by atoms with Crippen LogP contribution in [0.25, 0.3) is 0 Å². The first-order valence-electron chi connectivity index (χ1n) is 9.87. The number of halogens is 1. The molecule has 0 bridgehead atoms. The fourth-order valence-electron chi connectivity index (χ4n) is 3.58. The summed E-state index contributed by atoms with van der Waals surface area (Å²) in [5.74, 6) is 0.729. The Morgan fingerprint density at radius 3 is 2.59 bits per heavy atom. The monoisotopic (exact) mass is 412 g/mol. The van der Waals surface area contributed by atoms with Crippen molar-refractivity contribution in [3.8, 4) is 0 Å². The van der Waals surface area contributed by atoms with Crippen molar-refractivity contribution in [2.75, 3.05) is 31.6 Å². The summed E-state index contributed by atoms with van der Waals surface area (Å²) in [6, 6.07) is 9.73. The number of benzene rings is 1. The molecule has 4 rings (SSSR count). The number of amides is 1. The fraction of sp³-hybridized carbons (Fsp3) is 0.429. The molecule has 0 unspecified atom stereocenters. The zero-order valence-electron chi connectivity index (χ0n) is 16.7. The van der Waals surface area contributed by atoms with E-state index in [0.717, 1.165) is 29.8 Å². The van der Waals surface area contributed by atoms with Crippen molar-refractivity contribution in [2.45, 2.75) is 31.6 Å². The smallest absolute Gasteiger partial charge is 0.238 e. The van der Waals surface area contributed by atoms with Crippen LogP contribution in [0.15, 0.2) is 35.3 Å². The van der Waals surface area contributed by atoms with E-state index in [0.29, 0.717) is 36.5 Å². The molecule has 8 heteroatoms. The van der Waals surface area contributed by atoms with E-state index in [1.54, 1.807) is 7.05 Å². The van der Waals surface area contributed by atoms with Crippen molar-refractivity contribution in [3.05, 3.63) is 52.3 Å². The second-order valence-corrected chi connectivity index (χ2v) is 8.01. The van der Waals surface area contributed by atoms with E-state index in [2.05, 4.69) is 9.98 Å². The number of aryl methyl sites for hydroxylation is 1. The number of nitrogens with zero attached hydrogens (tertiary/aromatic N) is 5. The molecule has 1 atom stereocenters. The standard InChI is InChI=1S/C21H25ClN6O/c1-13-17(22)18(15-8-9-15)26-21(25-13)28-11-10-24-20(23)27(2)19(29)16(12-28)14-6-4-3-5-7-14/h3-7,15-16H,8-12H2,1-2H3,(H2,23,24)/t16-/m1/s1. The molecule has 152 valence electrons. The van der Waals surface area contributed by atoms with Gasteiger partial charge in [-0.1, -0.05) is 41.9 Å². The average molecular weight is 413 g/mol. The molecule has 1 aliphatic heterocycles. The van der Waals surface area contributed by atoms with Gasteiger partial charge in [-0.25, -0.2) is 9.97 Å². The topological polar surface area (TPSA) is 87.7 Å². The fourth-order valence-corrected chi connectivity index (χ4v) is 3.82. The van der Waals surface area contributed by atoms with Crippen LogP contribution in [0.2, 0.25) is 5.02 Å². The Morgan fingerprint density at radius 2 is 1.90 bits per heavy atom. The molecular formula is C21H25ClN6O. The molecule has 1 aromatic carbocycles. The Kier molecular flexibility index (Phi) is 5.41. The van der Waals surface area contributed by atoms with Gasteiger partial charge in [-0.05, 0) is 25.3 Å². The number of nitrogens with two attached hydrogens (primary N) is 1. The van der Waals surface area contributed by atoms with Gasteiger partial charge in [0.15, 0.2) is 5.96 Å². The first kappa shape index (κ1) is 19.6. The minimum atomic E-state index is -0.406. The molecule has 1 aliphatic carbocycles. The van der Waals surface area contributed by atoms with E-state index in [-0.39, 0.29) is 11.9 Å². The van der Waals surface area contributed by atoms with E-state index >= 15 is 0 Å². The molecule has 1 aromatic heterocycles. The average Bonchev–Trinajstić information content (AvgIpc) is 3.56. The van der Waals surface area contributed by atoms with Crippen LogP contribution >= 0.6 is 11.6 Å². The second-order valence-electron chi connectivity index (χ2n) is 7.63. The van der Waals surface area contributed by atoms with Gasteiger partial charge in [-0.2, -0.15) is 0 Å². The van der Waals surface area contributed by atoms with Crippen molar-refractivity contribution in [3.63, 3.8) is 0 Å². The van der Waals surface area contributed by atoms with Crippen molar-refractivity contribution in [1.82, 2.24) is 14.9 Å². The maximum absolute atomic E-state index is 13.2. The van der Waals surface area contributed by atoms with Gasteiger partial charge in [0.25, 0.3) is 0 Å². The summed E-state index contributed by atoms with van der Waals surface area (Å²) in [5, 5.41) is 0.651. The minimum Gasteiger partial charge on any atom is -0.369 e. The lowest BCUT2D eigenvalue weighted by molar-refractivity contribution is -0.127. The molecule has 0 radical (unpaired) electrons.